The van der Waals surface area contributed by atoms with Gasteiger partial charge >= 0.3 is 0 Å². The molecule has 0 saturated carbocycles. The van der Waals surface area contributed by atoms with E-state index in [1.807, 2.05) is 48.5 Å². The van der Waals surface area contributed by atoms with Crippen LogP contribution in [0.1, 0.15) is 94.4 Å². The van der Waals surface area contributed by atoms with E-state index in [0.29, 0.717) is 18.1 Å². The van der Waals surface area contributed by atoms with Crippen LogP contribution in [0, 0.1) is 6.92 Å². The van der Waals surface area contributed by atoms with Gasteiger partial charge in [-0.05, 0) is 37.6 Å². The van der Waals surface area contributed by atoms with E-state index in [1.165, 1.54) is 81.1 Å². The van der Waals surface area contributed by atoms with Gasteiger partial charge in [-0.2, -0.15) is 4.57 Å². The van der Waals surface area contributed by atoms with Crippen LogP contribution in [0.5, 0.6) is 11.5 Å². The molecule has 0 atom stereocenters. The number of hydrogen-bond acceptors (Lipinski definition) is 4. The number of unbranched alkanes of at least 4 members (excludes halogenated alkanes) is 11. The largest absolute Gasteiger partial charge is 0.490 e. The molecular weight excluding hydrogens is 504 g/mol. The first kappa shape index (κ1) is 30.7. The molecule has 0 aliphatic heterocycles. The van der Waals surface area contributed by atoms with Gasteiger partial charge in [-0.1, -0.05) is 113 Å². The fraction of sp³-hybridized carbons (Fsp3) is 0.515. The van der Waals surface area contributed by atoms with Crippen LogP contribution in [0.15, 0.2) is 60.2 Å². The number of benzene rings is 2. The molecule has 39 heavy (non-hydrogen) atoms. The molecule has 1 amide bonds. The highest BCUT2D eigenvalue weighted by atomic mass is 32.1. The lowest BCUT2D eigenvalue weighted by Gasteiger charge is -2.13. The summed E-state index contributed by atoms with van der Waals surface area (Å²) < 4.78 is 14.0. The minimum absolute atomic E-state index is 0.0647. The van der Waals surface area contributed by atoms with E-state index in [4.69, 9.17) is 9.47 Å². The Morgan fingerprint density at radius 2 is 1.38 bits per heavy atom. The molecule has 2 aromatic carbocycles. The maximum absolute atomic E-state index is 12.5. The lowest BCUT2D eigenvalue weighted by Crippen LogP contribution is -2.30. The van der Waals surface area contributed by atoms with E-state index in [-0.39, 0.29) is 12.5 Å². The van der Waals surface area contributed by atoms with Gasteiger partial charge in [-0.25, -0.2) is 0 Å². The molecule has 0 aliphatic carbocycles. The molecule has 3 aromatic rings. The van der Waals surface area contributed by atoms with Crippen molar-refractivity contribution in [1.29, 1.82) is 0 Å². The van der Waals surface area contributed by atoms with Crippen LogP contribution in [-0.4, -0.2) is 19.1 Å². The number of amides is 1. The molecule has 3 rings (SSSR count). The first-order chi connectivity index (χ1) is 19.1. The van der Waals surface area contributed by atoms with E-state index < -0.39 is 0 Å². The second kappa shape index (κ2) is 18.4. The molecular formula is C33H47N2O3S+. The van der Waals surface area contributed by atoms with E-state index in [1.54, 1.807) is 11.3 Å². The van der Waals surface area contributed by atoms with Crippen molar-refractivity contribution in [3.8, 4) is 11.5 Å². The summed E-state index contributed by atoms with van der Waals surface area (Å²) in [6.45, 7) is 5.79. The summed E-state index contributed by atoms with van der Waals surface area (Å²) in [5.74, 6) is 1.10. The molecule has 6 heteroatoms. The van der Waals surface area contributed by atoms with Crippen LogP contribution in [0.4, 0.5) is 5.69 Å². The van der Waals surface area contributed by atoms with Crippen LogP contribution in [0.2, 0.25) is 0 Å². The molecule has 0 saturated heterocycles. The maximum atomic E-state index is 12.5. The molecule has 0 spiro atoms. The molecule has 0 radical (unpaired) electrons. The fourth-order valence-corrected chi connectivity index (χ4v) is 5.22. The van der Waals surface area contributed by atoms with E-state index >= 15 is 0 Å². The van der Waals surface area contributed by atoms with Crippen molar-refractivity contribution >= 4 is 22.9 Å². The Hall–Kier alpha value is -2.86. The Kier molecular flexibility index (Phi) is 14.5. The number of carbonyl (C=O) groups is 1. The van der Waals surface area contributed by atoms with Crippen molar-refractivity contribution in [2.75, 3.05) is 18.5 Å². The summed E-state index contributed by atoms with van der Waals surface area (Å²) in [6, 6.07) is 15.5. The van der Waals surface area contributed by atoms with Gasteiger partial charge in [0.15, 0.2) is 30.8 Å². The third-order valence-electron chi connectivity index (χ3n) is 6.79. The van der Waals surface area contributed by atoms with Crippen LogP contribution < -0.4 is 19.4 Å². The number of aromatic nitrogens is 1. The first-order valence-corrected chi connectivity index (χ1v) is 15.7. The highest BCUT2D eigenvalue weighted by Gasteiger charge is 2.09. The van der Waals surface area contributed by atoms with Gasteiger partial charge in [0.25, 0.3) is 5.91 Å². The molecule has 1 heterocycles. The highest BCUT2D eigenvalue weighted by Crippen LogP contribution is 2.27. The molecule has 0 aliphatic rings. The molecule has 0 fully saturated rings. The Labute approximate surface area is 239 Å². The minimum atomic E-state index is -0.193. The lowest BCUT2D eigenvalue weighted by molar-refractivity contribution is -0.683. The van der Waals surface area contributed by atoms with Gasteiger partial charge in [0.05, 0.1) is 11.5 Å². The third kappa shape index (κ3) is 12.7. The SMILES string of the molecule is CCCCCCCCCCCCCCOc1ccccc1OCC(=O)Nc1ccc(C[n+]2csc(C)c2)cc1. The van der Waals surface area contributed by atoms with Crippen LogP contribution in [0.25, 0.3) is 0 Å². The van der Waals surface area contributed by atoms with Crippen LogP contribution in [-0.2, 0) is 11.3 Å². The molecule has 0 unspecified atom stereocenters. The Morgan fingerprint density at radius 1 is 0.795 bits per heavy atom. The van der Waals surface area contributed by atoms with Gasteiger partial charge in [-0.3, -0.25) is 4.79 Å². The average molecular weight is 552 g/mol. The zero-order chi connectivity index (χ0) is 27.5. The molecule has 5 nitrogen and oxygen atoms in total. The van der Waals surface area contributed by atoms with Crippen molar-refractivity contribution in [2.24, 2.45) is 0 Å². The number of aryl methyl sites for hydroxylation is 1. The van der Waals surface area contributed by atoms with E-state index in [2.05, 4.69) is 35.4 Å². The van der Waals surface area contributed by atoms with Crippen molar-refractivity contribution in [1.82, 2.24) is 0 Å². The Balaban J connectivity index is 1.27. The number of hydrogen-bond donors (Lipinski definition) is 1. The normalized spacial score (nSPS) is 10.9. The standard InChI is InChI=1S/C33H46N2O3S/c1-3-4-5-6-7-8-9-10-11-12-13-16-23-37-31-17-14-15-18-32(31)38-26-33(36)34-30-21-19-29(20-22-30)25-35-24-28(2)39-27-35/h14-15,17-22,24,27H,3-13,16,23,25-26H2,1-2H3/p+1. The summed E-state index contributed by atoms with van der Waals surface area (Å²) in [5, 5.41) is 2.91. The number of carbonyl (C=O) groups excluding carboxylic acids is 1. The average Bonchev–Trinajstić information content (AvgIpc) is 3.36. The summed E-state index contributed by atoms with van der Waals surface area (Å²) in [6.07, 6.45) is 18.0. The van der Waals surface area contributed by atoms with Gasteiger partial charge in [-0.15, -0.1) is 0 Å². The van der Waals surface area contributed by atoms with Crippen LogP contribution in [0.3, 0.4) is 0 Å². The number of anilines is 1. The zero-order valence-electron chi connectivity index (χ0n) is 24.0. The highest BCUT2D eigenvalue weighted by molar-refractivity contribution is 7.09. The van der Waals surface area contributed by atoms with Gasteiger partial charge in [0, 0.05) is 11.3 Å². The van der Waals surface area contributed by atoms with Crippen molar-refractivity contribution in [2.45, 2.75) is 97.4 Å². The Morgan fingerprint density at radius 3 is 1.97 bits per heavy atom. The number of nitrogens with zero attached hydrogens (tertiary/aromatic N) is 1. The van der Waals surface area contributed by atoms with E-state index in [0.717, 1.165) is 18.7 Å². The molecule has 1 aromatic heterocycles. The van der Waals surface area contributed by atoms with Gasteiger partial charge in [0.1, 0.15) is 0 Å². The molecule has 212 valence electrons. The third-order valence-corrected chi connectivity index (χ3v) is 7.64. The van der Waals surface area contributed by atoms with E-state index in [9.17, 15) is 4.79 Å². The number of thiazole rings is 1. The van der Waals surface area contributed by atoms with Crippen molar-refractivity contribution in [3.63, 3.8) is 0 Å². The van der Waals surface area contributed by atoms with Crippen LogP contribution >= 0.6 is 11.3 Å². The monoisotopic (exact) mass is 551 g/mol. The summed E-state index contributed by atoms with van der Waals surface area (Å²) in [7, 11) is 0. The number of para-hydroxylation sites is 2. The first-order valence-electron chi connectivity index (χ1n) is 14.8. The Bertz CT molecular complexity index is 1080. The predicted molar refractivity (Wildman–Crippen MR) is 162 cm³/mol. The second-order valence-electron chi connectivity index (χ2n) is 10.4. The summed E-state index contributed by atoms with van der Waals surface area (Å²) in [5.41, 5.74) is 4.06. The molecule has 1 N–H and O–H groups in total. The smallest absolute Gasteiger partial charge is 0.262 e. The maximum Gasteiger partial charge on any atom is 0.262 e. The summed E-state index contributed by atoms with van der Waals surface area (Å²) in [4.78, 5) is 13.8. The summed E-state index contributed by atoms with van der Waals surface area (Å²) >= 11 is 1.73. The lowest BCUT2D eigenvalue weighted by atomic mass is 10.1. The number of ether oxygens (including phenoxy) is 2. The topological polar surface area (TPSA) is 51.4 Å². The van der Waals surface area contributed by atoms with Gasteiger partial charge < -0.3 is 14.8 Å². The minimum Gasteiger partial charge on any atom is -0.490 e. The fourth-order valence-electron chi connectivity index (χ4n) is 4.59. The zero-order valence-corrected chi connectivity index (χ0v) is 24.8. The second-order valence-corrected chi connectivity index (χ2v) is 11.4. The van der Waals surface area contributed by atoms with Gasteiger partial charge in [0.2, 0.25) is 5.51 Å². The predicted octanol–water partition coefficient (Wildman–Crippen LogP) is 8.49. The quantitative estimate of drug-likeness (QED) is 0.113. The molecule has 0 bridgehead atoms. The number of rotatable bonds is 20. The number of nitrogens with one attached hydrogen (secondary N) is 1. The van der Waals surface area contributed by atoms with Crippen molar-refractivity contribution < 1.29 is 18.8 Å². The van der Waals surface area contributed by atoms with Crippen molar-refractivity contribution in [3.05, 3.63) is 70.7 Å².